The van der Waals surface area contributed by atoms with E-state index >= 15 is 0 Å². The van der Waals surface area contributed by atoms with Gasteiger partial charge in [-0.05, 0) is 67.8 Å². The van der Waals surface area contributed by atoms with Gasteiger partial charge in [0, 0.05) is 6.54 Å². The van der Waals surface area contributed by atoms with Gasteiger partial charge in [-0.3, -0.25) is 9.69 Å². The van der Waals surface area contributed by atoms with Crippen molar-refractivity contribution in [3.63, 3.8) is 0 Å². The van der Waals surface area contributed by atoms with Crippen LogP contribution in [-0.4, -0.2) is 30.6 Å². The summed E-state index contributed by atoms with van der Waals surface area (Å²) in [4.78, 5) is 15.4. The fourth-order valence-electron chi connectivity index (χ4n) is 4.38. The van der Waals surface area contributed by atoms with Crippen molar-refractivity contribution in [1.29, 1.82) is 0 Å². The molecule has 3 nitrogen and oxygen atoms in total. The van der Waals surface area contributed by atoms with Gasteiger partial charge in [0.25, 0.3) is 0 Å². The number of carbonyl (C=O) groups excluding carboxylic acids is 1. The topological polar surface area (TPSA) is 29.5 Å². The molecule has 0 atom stereocenters. The first-order chi connectivity index (χ1) is 14.3. The molecule has 30 heavy (non-hydrogen) atoms. The third-order valence-electron chi connectivity index (χ3n) is 6.48. The first kappa shape index (κ1) is 22.6. The van der Waals surface area contributed by atoms with Crippen LogP contribution in [0.1, 0.15) is 63.6 Å². The van der Waals surface area contributed by atoms with Crippen molar-refractivity contribution < 1.29 is 9.53 Å². The van der Waals surface area contributed by atoms with E-state index in [9.17, 15) is 4.79 Å². The van der Waals surface area contributed by atoms with E-state index in [-0.39, 0.29) is 16.8 Å². The lowest BCUT2D eigenvalue weighted by atomic mass is 9.74. The number of hydrogen-bond acceptors (Lipinski definition) is 3. The van der Waals surface area contributed by atoms with Crippen molar-refractivity contribution >= 4 is 5.97 Å². The molecule has 3 rings (SSSR count). The second-order valence-electron chi connectivity index (χ2n) is 9.71. The molecule has 0 saturated carbocycles. The van der Waals surface area contributed by atoms with E-state index in [2.05, 4.69) is 74.2 Å². The van der Waals surface area contributed by atoms with Crippen LogP contribution in [0.25, 0.3) is 0 Å². The standard InChI is InChI=1S/C27H37NO2/c1-5-30-25(29)27(16-15-22-9-7-6-8-10-22)17-19-28(20-18-27)21-23-11-13-24(14-12-23)26(2,3)4/h6-14H,5,15-21H2,1-4H3. The number of ether oxygens (including phenoxy) is 1. The molecule has 0 aliphatic carbocycles. The minimum atomic E-state index is -0.349. The molecule has 0 unspecified atom stereocenters. The van der Waals surface area contributed by atoms with Crippen molar-refractivity contribution in [1.82, 2.24) is 4.90 Å². The minimum absolute atomic E-state index is 0.00453. The summed E-state index contributed by atoms with van der Waals surface area (Å²) in [6.45, 7) is 11.9. The van der Waals surface area contributed by atoms with Crippen molar-refractivity contribution in [3.8, 4) is 0 Å². The van der Waals surface area contributed by atoms with Crippen molar-refractivity contribution in [3.05, 3.63) is 71.3 Å². The smallest absolute Gasteiger partial charge is 0.312 e. The summed E-state index contributed by atoms with van der Waals surface area (Å²) in [5, 5.41) is 0. The number of esters is 1. The molecule has 162 valence electrons. The van der Waals surface area contributed by atoms with Gasteiger partial charge in [-0.1, -0.05) is 75.4 Å². The van der Waals surface area contributed by atoms with Crippen LogP contribution in [0.5, 0.6) is 0 Å². The van der Waals surface area contributed by atoms with Gasteiger partial charge in [-0.2, -0.15) is 0 Å². The first-order valence-electron chi connectivity index (χ1n) is 11.4. The molecule has 0 spiro atoms. The fourth-order valence-corrected chi connectivity index (χ4v) is 4.38. The van der Waals surface area contributed by atoms with Crippen molar-refractivity contribution in [2.24, 2.45) is 5.41 Å². The molecule has 0 bridgehead atoms. The van der Waals surface area contributed by atoms with Gasteiger partial charge in [-0.15, -0.1) is 0 Å². The molecule has 0 radical (unpaired) electrons. The van der Waals surface area contributed by atoms with Crippen LogP contribution in [0.3, 0.4) is 0 Å². The minimum Gasteiger partial charge on any atom is -0.466 e. The highest BCUT2D eigenvalue weighted by atomic mass is 16.5. The predicted molar refractivity (Wildman–Crippen MR) is 123 cm³/mol. The Morgan fingerprint density at radius 3 is 2.17 bits per heavy atom. The summed E-state index contributed by atoms with van der Waals surface area (Å²) in [7, 11) is 0. The van der Waals surface area contributed by atoms with Gasteiger partial charge in [0.05, 0.1) is 12.0 Å². The number of piperidine rings is 1. The summed E-state index contributed by atoms with van der Waals surface area (Å²) >= 11 is 0. The third kappa shape index (κ3) is 5.72. The Morgan fingerprint density at radius 2 is 1.60 bits per heavy atom. The summed E-state index contributed by atoms with van der Waals surface area (Å²) in [6, 6.07) is 19.5. The van der Waals surface area contributed by atoms with Crippen LogP contribution in [-0.2, 0) is 27.9 Å². The fraction of sp³-hybridized carbons (Fsp3) is 0.519. The van der Waals surface area contributed by atoms with Crippen molar-refractivity contribution in [2.75, 3.05) is 19.7 Å². The largest absolute Gasteiger partial charge is 0.466 e. The number of likely N-dealkylation sites (tertiary alicyclic amines) is 1. The molecule has 2 aromatic carbocycles. The lowest BCUT2D eigenvalue weighted by Crippen LogP contribution is -2.45. The first-order valence-corrected chi connectivity index (χ1v) is 11.4. The Hall–Kier alpha value is -2.13. The molecule has 0 aromatic heterocycles. The molecular formula is C27H37NO2. The summed E-state index contributed by atoms with van der Waals surface area (Å²) in [5.74, 6) is -0.00453. The van der Waals surface area contributed by atoms with Crippen LogP contribution in [0.2, 0.25) is 0 Å². The summed E-state index contributed by atoms with van der Waals surface area (Å²) in [6.07, 6.45) is 3.54. The Balaban J connectivity index is 1.61. The average Bonchev–Trinajstić information content (AvgIpc) is 2.74. The Labute approximate surface area is 182 Å². The lowest BCUT2D eigenvalue weighted by Gasteiger charge is -2.40. The van der Waals surface area contributed by atoms with E-state index in [0.717, 1.165) is 45.3 Å². The quantitative estimate of drug-likeness (QED) is 0.546. The number of benzene rings is 2. The van der Waals surface area contributed by atoms with E-state index in [4.69, 9.17) is 4.74 Å². The van der Waals surface area contributed by atoms with Crippen LogP contribution >= 0.6 is 0 Å². The van der Waals surface area contributed by atoms with Crippen LogP contribution < -0.4 is 0 Å². The Bertz CT molecular complexity index is 797. The molecule has 1 heterocycles. The molecule has 1 aliphatic rings. The molecule has 1 fully saturated rings. The monoisotopic (exact) mass is 407 g/mol. The van der Waals surface area contributed by atoms with Gasteiger partial charge in [0.15, 0.2) is 0 Å². The van der Waals surface area contributed by atoms with E-state index in [1.807, 2.05) is 13.0 Å². The third-order valence-corrected chi connectivity index (χ3v) is 6.48. The second-order valence-corrected chi connectivity index (χ2v) is 9.71. The summed E-state index contributed by atoms with van der Waals surface area (Å²) in [5.41, 5.74) is 3.84. The maximum atomic E-state index is 12.9. The van der Waals surface area contributed by atoms with E-state index in [1.54, 1.807) is 0 Å². The molecule has 1 saturated heterocycles. The number of carbonyl (C=O) groups is 1. The summed E-state index contributed by atoms with van der Waals surface area (Å²) < 4.78 is 5.51. The normalized spacial score (nSPS) is 16.9. The van der Waals surface area contributed by atoms with Gasteiger partial charge < -0.3 is 4.74 Å². The van der Waals surface area contributed by atoms with Gasteiger partial charge in [0.1, 0.15) is 0 Å². The highest BCUT2D eigenvalue weighted by Crippen LogP contribution is 2.38. The van der Waals surface area contributed by atoms with Crippen molar-refractivity contribution in [2.45, 2.75) is 65.3 Å². The van der Waals surface area contributed by atoms with E-state index in [0.29, 0.717) is 6.61 Å². The van der Waals surface area contributed by atoms with E-state index in [1.165, 1.54) is 16.7 Å². The van der Waals surface area contributed by atoms with Crippen LogP contribution in [0, 0.1) is 5.41 Å². The predicted octanol–water partition coefficient (Wildman–Crippen LogP) is 5.76. The second kappa shape index (κ2) is 9.78. The van der Waals surface area contributed by atoms with E-state index < -0.39 is 0 Å². The SMILES string of the molecule is CCOC(=O)C1(CCc2ccccc2)CCN(Cc2ccc(C(C)(C)C)cc2)CC1. The maximum Gasteiger partial charge on any atom is 0.312 e. The van der Waals surface area contributed by atoms with Crippen LogP contribution in [0.4, 0.5) is 0 Å². The number of aryl methyl sites for hydroxylation is 1. The molecule has 2 aromatic rings. The lowest BCUT2D eigenvalue weighted by molar-refractivity contribution is -0.159. The highest BCUT2D eigenvalue weighted by Gasteiger charge is 2.42. The Morgan fingerprint density at radius 1 is 0.967 bits per heavy atom. The van der Waals surface area contributed by atoms with Crippen LogP contribution in [0.15, 0.2) is 54.6 Å². The van der Waals surface area contributed by atoms with Gasteiger partial charge in [0.2, 0.25) is 0 Å². The average molecular weight is 408 g/mol. The van der Waals surface area contributed by atoms with Gasteiger partial charge in [-0.25, -0.2) is 0 Å². The number of rotatable bonds is 7. The molecular weight excluding hydrogens is 370 g/mol. The maximum absolute atomic E-state index is 12.9. The zero-order valence-corrected chi connectivity index (χ0v) is 19.1. The number of nitrogens with zero attached hydrogens (tertiary/aromatic N) is 1. The zero-order chi connectivity index (χ0) is 21.6. The number of hydrogen-bond donors (Lipinski definition) is 0. The molecule has 0 amide bonds. The Kier molecular flexibility index (Phi) is 7.36. The highest BCUT2D eigenvalue weighted by molar-refractivity contribution is 5.77. The zero-order valence-electron chi connectivity index (χ0n) is 19.1. The molecule has 0 N–H and O–H groups in total. The molecule has 1 aliphatic heterocycles. The van der Waals surface area contributed by atoms with Gasteiger partial charge >= 0.3 is 5.97 Å². The molecule has 3 heteroatoms.